The quantitative estimate of drug-likeness (QED) is 0.727. The number of amides is 1. The van der Waals surface area contributed by atoms with Crippen LogP contribution < -0.4 is 11.1 Å². The summed E-state index contributed by atoms with van der Waals surface area (Å²) < 4.78 is 25.3. The normalized spacial score (nSPS) is 12.8. The first-order chi connectivity index (χ1) is 12.2. The van der Waals surface area contributed by atoms with Gasteiger partial charge in [-0.3, -0.25) is 4.79 Å². The van der Waals surface area contributed by atoms with Crippen molar-refractivity contribution in [1.82, 2.24) is 9.62 Å². The molecule has 2 aromatic rings. The van der Waals surface area contributed by atoms with E-state index in [1.165, 1.54) is 18.4 Å². The number of anilines is 1. The molecule has 3 N–H and O–H groups in total. The highest BCUT2D eigenvalue weighted by molar-refractivity contribution is 7.89. The molecule has 0 aliphatic heterocycles. The second-order valence-corrected chi connectivity index (χ2v) is 8.50. The summed E-state index contributed by atoms with van der Waals surface area (Å²) in [5, 5.41) is 2.93. The lowest BCUT2D eigenvalue weighted by molar-refractivity contribution is -0.121. The number of carbonyl (C=O) groups excluding carboxylic acids is 1. The largest absolute Gasteiger partial charge is 0.399 e. The van der Waals surface area contributed by atoms with Crippen molar-refractivity contribution in [3.05, 3.63) is 59.7 Å². The number of aryl methyl sites for hydroxylation is 1. The summed E-state index contributed by atoms with van der Waals surface area (Å²) in [7, 11) is -0.468. The zero-order chi connectivity index (χ0) is 19.3. The third kappa shape index (κ3) is 4.83. The van der Waals surface area contributed by atoms with Crippen LogP contribution in [0.3, 0.4) is 0 Å². The molecule has 6 nitrogen and oxygen atoms in total. The molecule has 0 aliphatic carbocycles. The Kier molecular flexibility index (Phi) is 6.39. The van der Waals surface area contributed by atoms with Gasteiger partial charge < -0.3 is 11.1 Å². The summed E-state index contributed by atoms with van der Waals surface area (Å²) in [6, 6.07) is 13.8. The Morgan fingerprint density at radius 2 is 1.73 bits per heavy atom. The van der Waals surface area contributed by atoms with Crippen molar-refractivity contribution in [2.45, 2.75) is 30.7 Å². The van der Waals surface area contributed by atoms with Crippen LogP contribution in [0.5, 0.6) is 0 Å². The number of sulfonamides is 1. The van der Waals surface area contributed by atoms with Crippen LogP contribution in [-0.4, -0.2) is 32.7 Å². The van der Waals surface area contributed by atoms with Crippen LogP contribution in [0.2, 0.25) is 0 Å². The molecule has 140 valence electrons. The van der Waals surface area contributed by atoms with Gasteiger partial charge in [0.05, 0.1) is 10.9 Å². The molecule has 0 bridgehead atoms. The predicted octanol–water partition coefficient (Wildman–Crippen LogP) is 2.33. The number of hydrogen-bond acceptors (Lipinski definition) is 4. The molecule has 1 unspecified atom stereocenters. The molecular formula is C19H25N3O3S. The Balaban J connectivity index is 1.96. The van der Waals surface area contributed by atoms with Gasteiger partial charge in [-0.2, -0.15) is 0 Å². The number of rotatable bonds is 7. The highest BCUT2D eigenvalue weighted by Crippen LogP contribution is 2.19. The number of para-hydroxylation sites is 1. The number of hydrogen-bond donors (Lipinski definition) is 2. The van der Waals surface area contributed by atoms with E-state index < -0.39 is 10.0 Å². The molecule has 1 atom stereocenters. The van der Waals surface area contributed by atoms with Gasteiger partial charge in [0, 0.05) is 26.2 Å². The predicted molar refractivity (Wildman–Crippen MR) is 103 cm³/mol. The second-order valence-electron chi connectivity index (χ2n) is 6.34. The minimum absolute atomic E-state index is 0.0780. The molecule has 0 saturated carbocycles. The monoisotopic (exact) mass is 375 g/mol. The highest BCUT2D eigenvalue weighted by atomic mass is 32.2. The second kappa shape index (κ2) is 8.33. The topological polar surface area (TPSA) is 92.5 Å². The van der Waals surface area contributed by atoms with Gasteiger partial charge in [0.15, 0.2) is 0 Å². The van der Waals surface area contributed by atoms with Crippen molar-refractivity contribution >= 4 is 21.6 Å². The summed E-state index contributed by atoms with van der Waals surface area (Å²) in [5.41, 5.74) is 8.37. The van der Waals surface area contributed by atoms with Crippen molar-refractivity contribution in [1.29, 1.82) is 0 Å². The first-order valence-corrected chi connectivity index (χ1v) is 9.81. The fraction of sp³-hybridized carbons (Fsp3) is 0.316. The standard InChI is InChI=1S/C19H25N3O3S/c1-14(15-8-11-17(12-9-15)26(24,25)22(2)3)21-19(23)13-10-16-6-4-5-7-18(16)20/h4-9,11-12,14H,10,13,20H2,1-3H3,(H,21,23). The lowest BCUT2D eigenvalue weighted by atomic mass is 10.1. The third-order valence-electron chi connectivity index (χ3n) is 4.21. The fourth-order valence-corrected chi connectivity index (χ4v) is 3.45. The number of benzene rings is 2. The minimum atomic E-state index is -3.45. The molecule has 7 heteroatoms. The SMILES string of the molecule is CC(NC(=O)CCc1ccccc1N)c1ccc(S(=O)(=O)N(C)C)cc1. The molecule has 0 aliphatic rings. The molecule has 2 rings (SSSR count). The molecule has 0 aromatic heterocycles. The molecule has 0 heterocycles. The van der Waals surface area contributed by atoms with Crippen LogP contribution in [-0.2, 0) is 21.2 Å². The Morgan fingerprint density at radius 1 is 1.12 bits per heavy atom. The van der Waals surface area contributed by atoms with E-state index in [1.807, 2.05) is 31.2 Å². The van der Waals surface area contributed by atoms with Crippen LogP contribution in [0.25, 0.3) is 0 Å². The van der Waals surface area contributed by atoms with E-state index in [2.05, 4.69) is 5.32 Å². The van der Waals surface area contributed by atoms with Gasteiger partial charge in [0.25, 0.3) is 0 Å². The van der Waals surface area contributed by atoms with Gasteiger partial charge in [-0.1, -0.05) is 30.3 Å². The lowest BCUT2D eigenvalue weighted by Crippen LogP contribution is -2.27. The van der Waals surface area contributed by atoms with Gasteiger partial charge in [-0.05, 0) is 42.7 Å². The Hall–Kier alpha value is -2.38. The van der Waals surface area contributed by atoms with Crippen LogP contribution >= 0.6 is 0 Å². The van der Waals surface area contributed by atoms with Crippen molar-refractivity contribution in [2.75, 3.05) is 19.8 Å². The molecule has 0 spiro atoms. The van der Waals surface area contributed by atoms with Gasteiger partial charge in [-0.15, -0.1) is 0 Å². The van der Waals surface area contributed by atoms with E-state index in [-0.39, 0.29) is 16.8 Å². The average molecular weight is 375 g/mol. The van der Waals surface area contributed by atoms with Crippen LogP contribution in [0, 0.1) is 0 Å². The van der Waals surface area contributed by atoms with E-state index in [9.17, 15) is 13.2 Å². The van der Waals surface area contributed by atoms with Crippen molar-refractivity contribution in [3.63, 3.8) is 0 Å². The maximum absolute atomic E-state index is 12.2. The van der Waals surface area contributed by atoms with E-state index in [0.29, 0.717) is 18.5 Å². The van der Waals surface area contributed by atoms with E-state index >= 15 is 0 Å². The smallest absolute Gasteiger partial charge is 0.242 e. The van der Waals surface area contributed by atoms with Crippen LogP contribution in [0.1, 0.15) is 30.5 Å². The zero-order valence-corrected chi connectivity index (χ0v) is 16.1. The minimum Gasteiger partial charge on any atom is -0.399 e. The van der Waals surface area contributed by atoms with Gasteiger partial charge in [0.1, 0.15) is 0 Å². The number of nitrogens with zero attached hydrogens (tertiary/aromatic N) is 1. The highest BCUT2D eigenvalue weighted by Gasteiger charge is 2.17. The van der Waals surface area contributed by atoms with Crippen molar-refractivity contribution < 1.29 is 13.2 Å². The summed E-state index contributed by atoms with van der Waals surface area (Å²) in [4.78, 5) is 12.4. The van der Waals surface area contributed by atoms with Crippen molar-refractivity contribution in [3.8, 4) is 0 Å². The Morgan fingerprint density at radius 3 is 2.31 bits per heavy atom. The van der Waals surface area contributed by atoms with Crippen molar-refractivity contribution in [2.24, 2.45) is 0 Å². The van der Waals surface area contributed by atoms with E-state index in [4.69, 9.17) is 5.73 Å². The number of nitrogens with two attached hydrogens (primary N) is 1. The number of nitrogens with one attached hydrogen (secondary N) is 1. The summed E-state index contributed by atoms with van der Waals surface area (Å²) in [6.07, 6.45) is 0.914. The molecular weight excluding hydrogens is 350 g/mol. The van der Waals surface area contributed by atoms with E-state index in [1.54, 1.807) is 24.3 Å². The Labute approximate surface area is 155 Å². The van der Waals surface area contributed by atoms with Crippen LogP contribution in [0.15, 0.2) is 53.4 Å². The van der Waals surface area contributed by atoms with Gasteiger partial charge >= 0.3 is 0 Å². The third-order valence-corrected chi connectivity index (χ3v) is 6.04. The first kappa shape index (κ1) is 19.9. The maximum atomic E-state index is 12.2. The number of nitrogen functional groups attached to an aromatic ring is 1. The lowest BCUT2D eigenvalue weighted by Gasteiger charge is -2.16. The summed E-state index contributed by atoms with van der Waals surface area (Å²) >= 11 is 0. The van der Waals surface area contributed by atoms with E-state index in [0.717, 1.165) is 11.1 Å². The summed E-state index contributed by atoms with van der Waals surface area (Å²) in [6.45, 7) is 1.87. The molecule has 0 saturated heterocycles. The number of carbonyl (C=O) groups is 1. The first-order valence-electron chi connectivity index (χ1n) is 8.37. The summed E-state index contributed by atoms with van der Waals surface area (Å²) in [5.74, 6) is -0.0780. The van der Waals surface area contributed by atoms with Gasteiger partial charge in [-0.25, -0.2) is 12.7 Å². The molecule has 0 fully saturated rings. The van der Waals surface area contributed by atoms with Gasteiger partial charge in [0.2, 0.25) is 15.9 Å². The average Bonchev–Trinajstić information content (AvgIpc) is 2.61. The Bertz CT molecular complexity index is 862. The fourth-order valence-electron chi connectivity index (χ4n) is 2.55. The zero-order valence-electron chi connectivity index (χ0n) is 15.3. The molecule has 26 heavy (non-hydrogen) atoms. The molecule has 1 amide bonds. The molecule has 2 aromatic carbocycles. The molecule has 0 radical (unpaired) electrons. The maximum Gasteiger partial charge on any atom is 0.242 e. The van der Waals surface area contributed by atoms with Crippen LogP contribution in [0.4, 0.5) is 5.69 Å².